The predicted molar refractivity (Wildman–Crippen MR) is 75.9 cm³/mol. The van der Waals surface area contributed by atoms with Crippen molar-refractivity contribution in [2.75, 3.05) is 13.7 Å². The monoisotopic (exact) mass is 277 g/mol. The van der Waals surface area contributed by atoms with Crippen molar-refractivity contribution in [3.63, 3.8) is 0 Å². The summed E-state index contributed by atoms with van der Waals surface area (Å²) >= 11 is 1.56. The zero-order valence-electron chi connectivity index (χ0n) is 10.9. The van der Waals surface area contributed by atoms with Crippen molar-refractivity contribution >= 4 is 17.1 Å². The molecule has 0 aliphatic carbocycles. The first-order chi connectivity index (χ1) is 9.15. The number of methoxy groups -OCH3 is 1. The van der Waals surface area contributed by atoms with Crippen LogP contribution in [-0.4, -0.2) is 24.1 Å². The van der Waals surface area contributed by atoms with Gasteiger partial charge in [-0.15, -0.1) is 11.3 Å². The molecule has 4 nitrogen and oxygen atoms in total. The molecule has 0 spiro atoms. The third-order valence-corrected chi connectivity index (χ3v) is 3.74. The Morgan fingerprint density at radius 3 is 2.74 bits per heavy atom. The number of aromatic nitrogens is 1. The van der Waals surface area contributed by atoms with Gasteiger partial charge in [0, 0.05) is 13.7 Å². The SMILES string of the molecule is COCCn1c(-c2cccs2)ccc(C(C)=O)c1=O. The van der Waals surface area contributed by atoms with Gasteiger partial charge in [-0.05, 0) is 30.5 Å². The number of hydrogen-bond acceptors (Lipinski definition) is 4. The van der Waals surface area contributed by atoms with Gasteiger partial charge in [0.15, 0.2) is 5.78 Å². The average molecular weight is 277 g/mol. The van der Waals surface area contributed by atoms with E-state index in [4.69, 9.17) is 4.74 Å². The molecule has 100 valence electrons. The van der Waals surface area contributed by atoms with Gasteiger partial charge < -0.3 is 9.30 Å². The van der Waals surface area contributed by atoms with Crippen molar-refractivity contribution in [3.8, 4) is 10.6 Å². The molecule has 2 rings (SSSR count). The molecule has 2 aromatic heterocycles. The molecule has 0 radical (unpaired) electrons. The largest absolute Gasteiger partial charge is 0.383 e. The van der Waals surface area contributed by atoms with Gasteiger partial charge in [0.2, 0.25) is 0 Å². The van der Waals surface area contributed by atoms with Crippen molar-refractivity contribution in [3.05, 3.63) is 45.6 Å². The zero-order chi connectivity index (χ0) is 13.8. The zero-order valence-corrected chi connectivity index (χ0v) is 11.7. The van der Waals surface area contributed by atoms with E-state index in [0.717, 1.165) is 10.6 Å². The van der Waals surface area contributed by atoms with E-state index in [-0.39, 0.29) is 16.9 Å². The van der Waals surface area contributed by atoms with E-state index in [1.165, 1.54) is 6.92 Å². The number of ketones is 1. The Balaban J connectivity index is 2.58. The Morgan fingerprint density at radius 1 is 1.37 bits per heavy atom. The van der Waals surface area contributed by atoms with Gasteiger partial charge >= 0.3 is 0 Å². The van der Waals surface area contributed by atoms with Gasteiger partial charge in [-0.2, -0.15) is 0 Å². The minimum atomic E-state index is -0.254. The van der Waals surface area contributed by atoms with Crippen LogP contribution >= 0.6 is 11.3 Å². The normalized spacial score (nSPS) is 10.6. The number of Topliss-reactive ketones (excluding diaryl/α,β-unsaturated/α-hetero) is 1. The van der Waals surface area contributed by atoms with Gasteiger partial charge in [-0.25, -0.2) is 0 Å². The number of nitrogens with zero attached hydrogens (tertiary/aromatic N) is 1. The van der Waals surface area contributed by atoms with E-state index < -0.39 is 0 Å². The molecule has 0 aliphatic heterocycles. The summed E-state index contributed by atoms with van der Waals surface area (Å²) in [5.74, 6) is -0.214. The number of carbonyl (C=O) groups excluding carboxylic acids is 1. The molecule has 0 unspecified atom stereocenters. The second-order valence-electron chi connectivity index (χ2n) is 4.12. The minimum absolute atomic E-state index is 0.214. The lowest BCUT2D eigenvalue weighted by Crippen LogP contribution is -2.28. The van der Waals surface area contributed by atoms with Crippen LogP contribution in [0.1, 0.15) is 17.3 Å². The molecule has 0 fully saturated rings. The van der Waals surface area contributed by atoms with E-state index in [9.17, 15) is 9.59 Å². The molecular formula is C14H15NO3S. The summed E-state index contributed by atoms with van der Waals surface area (Å²) in [5, 5.41) is 1.96. The standard InChI is InChI=1S/C14H15NO3S/c1-10(16)11-5-6-12(13-4-3-9-19-13)15(14(11)17)7-8-18-2/h3-6,9H,7-8H2,1-2H3. The molecule has 0 amide bonds. The van der Waals surface area contributed by atoms with Crippen LogP contribution in [-0.2, 0) is 11.3 Å². The van der Waals surface area contributed by atoms with Crippen molar-refractivity contribution in [1.82, 2.24) is 4.57 Å². The summed E-state index contributed by atoms with van der Waals surface area (Å²) in [6.45, 7) is 2.27. The Kier molecular flexibility index (Phi) is 4.29. The fourth-order valence-electron chi connectivity index (χ4n) is 1.89. The average Bonchev–Trinajstić information content (AvgIpc) is 2.90. The molecule has 0 saturated carbocycles. The lowest BCUT2D eigenvalue weighted by atomic mass is 10.1. The van der Waals surface area contributed by atoms with Crippen LogP contribution in [0.5, 0.6) is 0 Å². The number of carbonyl (C=O) groups is 1. The molecule has 0 saturated heterocycles. The molecule has 0 bridgehead atoms. The first-order valence-corrected chi connectivity index (χ1v) is 6.80. The smallest absolute Gasteiger partial charge is 0.261 e. The molecule has 5 heteroatoms. The predicted octanol–water partition coefficient (Wildman–Crippen LogP) is 2.43. The van der Waals surface area contributed by atoms with Crippen LogP contribution in [0.2, 0.25) is 0 Å². The highest BCUT2D eigenvalue weighted by atomic mass is 32.1. The summed E-state index contributed by atoms with van der Waals surface area (Å²) in [6, 6.07) is 7.31. The van der Waals surface area contributed by atoms with E-state index in [2.05, 4.69) is 0 Å². The Hall–Kier alpha value is -1.72. The van der Waals surface area contributed by atoms with E-state index in [1.54, 1.807) is 29.1 Å². The Bertz CT molecular complexity index is 629. The van der Waals surface area contributed by atoms with Crippen molar-refractivity contribution < 1.29 is 9.53 Å². The van der Waals surface area contributed by atoms with E-state index in [1.807, 2.05) is 23.6 Å². The fourth-order valence-corrected chi connectivity index (χ4v) is 2.65. The first kappa shape index (κ1) is 13.7. The lowest BCUT2D eigenvalue weighted by molar-refractivity contribution is 0.101. The number of pyridine rings is 1. The molecular weight excluding hydrogens is 262 g/mol. The summed E-state index contributed by atoms with van der Waals surface area (Å²) in [7, 11) is 1.59. The number of hydrogen-bond donors (Lipinski definition) is 0. The molecule has 2 aromatic rings. The van der Waals surface area contributed by atoms with Gasteiger partial charge in [-0.1, -0.05) is 6.07 Å². The Morgan fingerprint density at radius 2 is 2.16 bits per heavy atom. The van der Waals surface area contributed by atoms with E-state index >= 15 is 0 Å². The molecule has 0 atom stereocenters. The lowest BCUT2D eigenvalue weighted by Gasteiger charge is -2.12. The maximum Gasteiger partial charge on any atom is 0.261 e. The maximum atomic E-state index is 12.3. The quantitative estimate of drug-likeness (QED) is 0.789. The Labute approximate surface area is 115 Å². The van der Waals surface area contributed by atoms with Crippen LogP contribution in [0.15, 0.2) is 34.4 Å². The molecule has 2 heterocycles. The summed E-state index contributed by atoms with van der Waals surface area (Å²) in [5.41, 5.74) is 0.786. The highest BCUT2D eigenvalue weighted by Crippen LogP contribution is 2.23. The second-order valence-corrected chi connectivity index (χ2v) is 5.06. The topological polar surface area (TPSA) is 48.3 Å². The van der Waals surface area contributed by atoms with Crippen LogP contribution in [0, 0.1) is 0 Å². The minimum Gasteiger partial charge on any atom is -0.383 e. The maximum absolute atomic E-state index is 12.3. The van der Waals surface area contributed by atoms with Crippen molar-refractivity contribution in [2.24, 2.45) is 0 Å². The van der Waals surface area contributed by atoms with Crippen LogP contribution in [0.3, 0.4) is 0 Å². The molecule has 0 aliphatic rings. The second kappa shape index (κ2) is 5.95. The van der Waals surface area contributed by atoms with Crippen molar-refractivity contribution in [2.45, 2.75) is 13.5 Å². The van der Waals surface area contributed by atoms with Crippen LogP contribution in [0.4, 0.5) is 0 Å². The third-order valence-electron chi connectivity index (χ3n) is 2.85. The summed E-state index contributed by atoms with van der Waals surface area (Å²) in [4.78, 5) is 24.8. The summed E-state index contributed by atoms with van der Waals surface area (Å²) < 4.78 is 6.64. The van der Waals surface area contributed by atoms with Gasteiger partial charge in [0.25, 0.3) is 5.56 Å². The number of rotatable bonds is 5. The molecule has 0 aromatic carbocycles. The first-order valence-electron chi connectivity index (χ1n) is 5.92. The van der Waals surface area contributed by atoms with Crippen LogP contribution < -0.4 is 5.56 Å². The van der Waals surface area contributed by atoms with E-state index in [0.29, 0.717) is 13.2 Å². The number of thiophene rings is 1. The van der Waals surface area contributed by atoms with Crippen LogP contribution in [0.25, 0.3) is 10.6 Å². The van der Waals surface area contributed by atoms with Gasteiger partial charge in [0.1, 0.15) is 0 Å². The number of ether oxygens (including phenoxy) is 1. The van der Waals surface area contributed by atoms with Crippen molar-refractivity contribution in [1.29, 1.82) is 0 Å². The highest BCUT2D eigenvalue weighted by Gasteiger charge is 2.13. The van der Waals surface area contributed by atoms with Gasteiger partial charge in [0.05, 0.1) is 22.7 Å². The van der Waals surface area contributed by atoms with Gasteiger partial charge in [-0.3, -0.25) is 9.59 Å². The highest BCUT2D eigenvalue weighted by molar-refractivity contribution is 7.13. The third kappa shape index (κ3) is 2.83. The molecule has 19 heavy (non-hydrogen) atoms. The summed E-state index contributed by atoms with van der Waals surface area (Å²) in [6.07, 6.45) is 0. The fraction of sp³-hybridized carbons (Fsp3) is 0.286. The molecule has 0 N–H and O–H groups in total.